The zero-order chi connectivity index (χ0) is 34.7. The van der Waals surface area contributed by atoms with Crippen molar-refractivity contribution in [2.45, 2.75) is 76.7 Å². The van der Waals surface area contributed by atoms with Gasteiger partial charge in [0.05, 0.1) is 5.69 Å². The molecule has 4 amide bonds. The molecule has 0 radical (unpaired) electrons. The molecule has 0 bridgehead atoms. The van der Waals surface area contributed by atoms with Crippen LogP contribution in [0.4, 0.5) is 23.2 Å². The van der Waals surface area contributed by atoms with Gasteiger partial charge in [0, 0.05) is 45.3 Å². The van der Waals surface area contributed by atoms with Crippen molar-refractivity contribution >= 4 is 29.3 Å². The lowest BCUT2D eigenvalue weighted by Gasteiger charge is -2.37. The molecular weight excluding hydrogens is 634 g/mol. The highest BCUT2D eigenvalue weighted by Gasteiger charge is 2.51. The second-order valence-corrected chi connectivity index (χ2v) is 13.0. The topological polar surface area (TPSA) is 129 Å². The predicted octanol–water partition coefficient (Wildman–Crippen LogP) is 3.53. The fraction of sp³-hybridized carbons (Fsp3) is 0.606. The fourth-order valence-electron chi connectivity index (χ4n) is 6.61. The average Bonchev–Trinajstić information content (AvgIpc) is 4.00. The molecule has 15 heteroatoms. The monoisotopic (exact) mass is 677 g/mol. The highest BCUT2D eigenvalue weighted by molar-refractivity contribution is 6.01. The number of anilines is 1. The number of benzene rings is 1. The van der Waals surface area contributed by atoms with Gasteiger partial charge in [0.2, 0.25) is 17.7 Å². The molecule has 3 N–H and O–H groups in total. The van der Waals surface area contributed by atoms with E-state index in [2.05, 4.69) is 21.0 Å². The first kappa shape index (κ1) is 35.3. The van der Waals surface area contributed by atoms with Crippen molar-refractivity contribution in [1.29, 1.82) is 0 Å². The van der Waals surface area contributed by atoms with Gasteiger partial charge in [-0.05, 0) is 81.2 Å². The number of nitrogens with zero attached hydrogens (tertiary/aromatic N) is 4. The third-order valence-corrected chi connectivity index (χ3v) is 9.55. The van der Waals surface area contributed by atoms with Crippen LogP contribution in [0.25, 0.3) is 0 Å². The fourth-order valence-corrected chi connectivity index (χ4v) is 6.61. The minimum atomic E-state index is -5.03. The molecule has 11 nitrogen and oxygen atoms in total. The van der Waals surface area contributed by atoms with E-state index in [-0.39, 0.29) is 48.6 Å². The van der Waals surface area contributed by atoms with Crippen LogP contribution in [0.15, 0.2) is 30.5 Å². The highest BCUT2D eigenvalue weighted by atomic mass is 19.4. The first-order valence-corrected chi connectivity index (χ1v) is 16.6. The molecule has 1 saturated heterocycles. The summed E-state index contributed by atoms with van der Waals surface area (Å²) in [5.41, 5.74) is -0.675. The number of carbonyl (C=O) groups is 4. The number of likely N-dealkylation sites (N-methyl/N-ethyl adjacent to an activating group) is 1. The van der Waals surface area contributed by atoms with Gasteiger partial charge in [0.1, 0.15) is 29.5 Å². The third-order valence-electron chi connectivity index (χ3n) is 9.55. The molecule has 0 unspecified atom stereocenters. The van der Waals surface area contributed by atoms with E-state index in [0.29, 0.717) is 25.7 Å². The molecule has 3 atom stereocenters. The summed E-state index contributed by atoms with van der Waals surface area (Å²) >= 11 is 0. The Kier molecular flexibility index (Phi) is 10.8. The van der Waals surface area contributed by atoms with Gasteiger partial charge in [-0.25, -0.2) is 4.39 Å². The van der Waals surface area contributed by atoms with Crippen molar-refractivity contribution in [1.82, 2.24) is 30.2 Å². The molecule has 1 aliphatic heterocycles. The van der Waals surface area contributed by atoms with Crippen LogP contribution < -0.4 is 16.0 Å². The van der Waals surface area contributed by atoms with Crippen molar-refractivity contribution in [2.24, 2.45) is 17.8 Å². The van der Waals surface area contributed by atoms with Crippen LogP contribution >= 0.6 is 0 Å². The van der Waals surface area contributed by atoms with Gasteiger partial charge in [0.15, 0.2) is 0 Å². The van der Waals surface area contributed by atoms with Gasteiger partial charge in [0.25, 0.3) is 5.91 Å². The predicted molar refractivity (Wildman–Crippen MR) is 168 cm³/mol. The minimum absolute atomic E-state index is 0.155. The normalized spacial score (nSPS) is 19.0. The molecule has 262 valence electrons. The van der Waals surface area contributed by atoms with E-state index in [1.54, 1.807) is 0 Å². The molecule has 48 heavy (non-hydrogen) atoms. The Labute approximate surface area is 276 Å². The summed E-state index contributed by atoms with van der Waals surface area (Å²) in [5.74, 6) is -6.27. The SMILES string of the molecule is CCC(=O)N[C@H](C(=O)N1CCN(C)CC1)[C@@H](c1ccc(NC(=O)[C@@H](NC(=O)c2ccnn2CC)C(C2CC2)C2CC2)c(F)c1)C(F)(F)F. The van der Waals surface area contributed by atoms with E-state index in [4.69, 9.17) is 0 Å². The van der Waals surface area contributed by atoms with Crippen LogP contribution in [0, 0.1) is 23.6 Å². The summed E-state index contributed by atoms with van der Waals surface area (Å²) in [6.45, 7) is 4.97. The third kappa shape index (κ3) is 8.16. The molecule has 2 aliphatic carbocycles. The number of hydrogen-bond acceptors (Lipinski definition) is 6. The van der Waals surface area contributed by atoms with E-state index < -0.39 is 59.2 Å². The van der Waals surface area contributed by atoms with Crippen molar-refractivity contribution in [3.8, 4) is 0 Å². The summed E-state index contributed by atoms with van der Waals surface area (Å²) in [6, 6.07) is 1.18. The van der Waals surface area contributed by atoms with Gasteiger partial charge in [-0.2, -0.15) is 18.3 Å². The number of alkyl halides is 3. The zero-order valence-corrected chi connectivity index (χ0v) is 27.4. The Hall–Kier alpha value is -4.01. The maximum absolute atomic E-state index is 15.7. The minimum Gasteiger partial charge on any atom is -0.343 e. The average molecular weight is 678 g/mol. The number of halogens is 4. The van der Waals surface area contributed by atoms with Crippen LogP contribution in [0.5, 0.6) is 0 Å². The van der Waals surface area contributed by atoms with E-state index in [1.807, 2.05) is 18.9 Å². The van der Waals surface area contributed by atoms with E-state index in [1.165, 1.54) is 28.8 Å². The number of aryl methyl sites for hydroxylation is 1. The lowest BCUT2D eigenvalue weighted by atomic mass is 9.88. The molecule has 1 aromatic heterocycles. The van der Waals surface area contributed by atoms with Crippen LogP contribution in [-0.2, 0) is 20.9 Å². The van der Waals surface area contributed by atoms with Gasteiger partial charge in [-0.1, -0.05) is 13.0 Å². The maximum Gasteiger partial charge on any atom is 0.398 e. The number of amides is 4. The standard InChI is InChI=1S/C33H43F4N7O4/c1-4-25(45)40-29(32(48)43-16-14-42(3)15-17-43)27(33(35,36)37)21-10-11-23(22(34)18-21)39-31(47)28(26(19-6-7-19)20-8-9-20)41-30(46)24-12-13-38-44(24)5-2/h10-13,18-20,26-29H,4-9,14-17H2,1-3H3,(H,39,47)(H,40,45)(H,41,46)/t27-,28+,29+/m1/s1. The first-order valence-electron chi connectivity index (χ1n) is 16.6. The van der Waals surface area contributed by atoms with E-state index in [9.17, 15) is 32.3 Å². The second-order valence-electron chi connectivity index (χ2n) is 13.0. The Balaban J connectivity index is 1.41. The molecule has 2 heterocycles. The molecule has 3 fully saturated rings. The molecule has 3 aliphatic rings. The van der Waals surface area contributed by atoms with Crippen LogP contribution in [0.1, 0.15) is 67.9 Å². The molecule has 0 spiro atoms. The lowest BCUT2D eigenvalue weighted by molar-refractivity contribution is -0.168. The van der Waals surface area contributed by atoms with Crippen molar-refractivity contribution in [3.63, 3.8) is 0 Å². The number of carbonyl (C=O) groups excluding carboxylic acids is 4. The molecule has 1 aromatic carbocycles. The smallest absolute Gasteiger partial charge is 0.343 e. The van der Waals surface area contributed by atoms with Crippen molar-refractivity contribution in [3.05, 3.63) is 47.5 Å². The number of hydrogen-bond donors (Lipinski definition) is 3. The lowest BCUT2D eigenvalue weighted by Crippen LogP contribution is -2.57. The number of piperazine rings is 1. The van der Waals surface area contributed by atoms with Gasteiger partial charge in [-0.3, -0.25) is 23.9 Å². The summed E-state index contributed by atoms with van der Waals surface area (Å²) in [5, 5.41) is 11.7. The Morgan fingerprint density at radius 2 is 1.58 bits per heavy atom. The van der Waals surface area contributed by atoms with Crippen molar-refractivity contribution in [2.75, 3.05) is 38.5 Å². The summed E-state index contributed by atoms with van der Waals surface area (Å²) in [6.07, 6.45) is -0.105. The Bertz CT molecular complexity index is 1490. The van der Waals surface area contributed by atoms with Gasteiger partial charge < -0.3 is 25.8 Å². The van der Waals surface area contributed by atoms with E-state index in [0.717, 1.165) is 37.8 Å². The highest BCUT2D eigenvalue weighted by Crippen LogP contribution is 2.51. The van der Waals surface area contributed by atoms with Crippen LogP contribution in [-0.4, -0.2) is 94.7 Å². The van der Waals surface area contributed by atoms with E-state index >= 15 is 4.39 Å². The summed E-state index contributed by atoms with van der Waals surface area (Å²) in [7, 11) is 1.83. The molecule has 2 saturated carbocycles. The van der Waals surface area contributed by atoms with Gasteiger partial charge >= 0.3 is 6.18 Å². The first-order chi connectivity index (χ1) is 22.8. The Morgan fingerprint density at radius 1 is 0.938 bits per heavy atom. The number of rotatable bonds is 13. The van der Waals surface area contributed by atoms with Gasteiger partial charge in [-0.15, -0.1) is 0 Å². The largest absolute Gasteiger partial charge is 0.398 e. The number of nitrogens with one attached hydrogen (secondary N) is 3. The van der Waals surface area contributed by atoms with Crippen molar-refractivity contribution < 1.29 is 36.7 Å². The van der Waals surface area contributed by atoms with Crippen LogP contribution in [0.2, 0.25) is 0 Å². The Morgan fingerprint density at radius 3 is 2.12 bits per heavy atom. The number of aromatic nitrogens is 2. The second kappa shape index (κ2) is 14.6. The summed E-state index contributed by atoms with van der Waals surface area (Å²) < 4.78 is 61.3. The van der Waals surface area contributed by atoms with Crippen LogP contribution in [0.3, 0.4) is 0 Å². The maximum atomic E-state index is 15.7. The quantitative estimate of drug-likeness (QED) is 0.279. The molecule has 5 rings (SSSR count). The molecular formula is C33H43F4N7O4. The molecule has 2 aromatic rings. The zero-order valence-electron chi connectivity index (χ0n) is 27.4. The summed E-state index contributed by atoms with van der Waals surface area (Å²) in [4.78, 5) is 56.1.